The lowest BCUT2D eigenvalue weighted by atomic mass is 9.87. The first-order valence-corrected chi connectivity index (χ1v) is 9.62. The standard InChI is InChI=1S/C23H23N3/c1-16-10-13-21(20-9-3-2-8-19(16)20)26-22-17(6-4-14-24-22)11-12-18-7-5-15-25-23(18)26/h4-7,10,13-15H,2-3,8-9,11-12H2,1H3. The Morgan fingerprint density at radius 1 is 0.731 bits per heavy atom. The molecule has 1 aliphatic heterocycles. The molecule has 0 atom stereocenters. The topological polar surface area (TPSA) is 29.0 Å². The van der Waals surface area contributed by atoms with Crippen molar-refractivity contribution in [2.45, 2.75) is 45.4 Å². The number of hydrogen-bond donors (Lipinski definition) is 0. The van der Waals surface area contributed by atoms with Gasteiger partial charge in [-0.1, -0.05) is 18.2 Å². The highest BCUT2D eigenvalue weighted by Gasteiger charge is 2.27. The molecular formula is C23H23N3. The maximum absolute atomic E-state index is 4.79. The first-order valence-electron chi connectivity index (χ1n) is 9.62. The van der Waals surface area contributed by atoms with E-state index in [9.17, 15) is 0 Å². The molecule has 5 rings (SSSR count). The second-order valence-electron chi connectivity index (χ2n) is 7.37. The molecule has 0 unspecified atom stereocenters. The fourth-order valence-corrected chi connectivity index (χ4v) is 4.49. The number of rotatable bonds is 1. The summed E-state index contributed by atoms with van der Waals surface area (Å²) in [5, 5.41) is 0. The number of nitrogens with zero attached hydrogens (tertiary/aromatic N) is 3. The predicted molar refractivity (Wildman–Crippen MR) is 106 cm³/mol. The molecule has 0 amide bonds. The maximum Gasteiger partial charge on any atom is 0.141 e. The minimum absolute atomic E-state index is 1.01. The smallest absolute Gasteiger partial charge is 0.141 e. The second kappa shape index (κ2) is 6.24. The molecule has 3 heteroatoms. The number of hydrogen-bond acceptors (Lipinski definition) is 3. The van der Waals surface area contributed by atoms with Gasteiger partial charge < -0.3 is 0 Å². The minimum atomic E-state index is 1.01. The van der Waals surface area contributed by atoms with Crippen molar-refractivity contribution < 1.29 is 0 Å². The monoisotopic (exact) mass is 341 g/mol. The molecule has 2 aliphatic rings. The fraction of sp³-hybridized carbons (Fsp3) is 0.304. The Morgan fingerprint density at radius 3 is 2.00 bits per heavy atom. The zero-order valence-corrected chi connectivity index (χ0v) is 15.2. The molecule has 0 radical (unpaired) electrons. The lowest BCUT2D eigenvalue weighted by Crippen LogP contribution is -2.19. The van der Waals surface area contributed by atoms with Crippen molar-refractivity contribution in [1.29, 1.82) is 0 Å². The van der Waals surface area contributed by atoms with E-state index in [-0.39, 0.29) is 0 Å². The zero-order chi connectivity index (χ0) is 17.5. The number of benzene rings is 1. The lowest BCUT2D eigenvalue weighted by Gasteiger charge is -2.30. The minimum Gasteiger partial charge on any atom is -0.278 e. The molecule has 3 heterocycles. The summed E-state index contributed by atoms with van der Waals surface area (Å²) in [5.41, 5.74) is 8.32. The first-order chi connectivity index (χ1) is 12.8. The van der Waals surface area contributed by atoms with Crippen molar-refractivity contribution in [2.75, 3.05) is 4.90 Å². The highest BCUT2D eigenvalue weighted by molar-refractivity contribution is 5.80. The van der Waals surface area contributed by atoms with Crippen LogP contribution in [-0.4, -0.2) is 9.97 Å². The van der Waals surface area contributed by atoms with Crippen LogP contribution in [0.5, 0.6) is 0 Å². The number of fused-ring (bicyclic) bond motifs is 3. The highest BCUT2D eigenvalue weighted by Crippen LogP contribution is 2.43. The Hall–Kier alpha value is -2.68. The molecule has 3 aromatic rings. The van der Waals surface area contributed by atoms with Gasteiger partial charge in [0.15, 0.2) is 0 Å². The van der Waals surface area contributed by atoms with Crippen molar-refractivity contribution in [3.05, 3.63) is 76.6 Å². The Labute approximate surface area is 154 Å². The van der Waals surface area contributed by atoms with Crippen LogP contribution in [0.15, 0.2) is 48.8 Å². The lowest BCUT2D eigenvalue weighted by molar-refractivity contribution is 0.682. The van der Waals surface area contributed by atoms with Crippen LogP contribution in [0.2, 0.25) is 0 Å². The van der Waals surface area contributed by atoms with E-state index < -0.39 is 0 Å². The zero-order valence-electron chi connectivity index (χ0n) is 15.2. The molecule has 1 aromatic carbocycles. The molecule has 0 saturated carbocycles. The number of pyridine rings is 2. The molecule has 26 heavy (non-hydrogen) atoms. The van der Waals surface area contributed by atoms with E-state index in [4.69, 9.17) is 9.97 Å². The van der Waals surface area contributed by atoms with Gasteiger partial charge in [0.25, 0.3) is 0 Å². The average molecular weight is 341 g/mol. The summed E-state index contributed by atoms with van der Waals surface area (Å²) in [6, 6.07) is 13.1. The summed E-state index contributed by atoms with van der Waals surface area (Å²) in [6.45, 7) is 2.24. The summed E-state index contributed by atoms with van der Waals surface area (Å²) in [5.74, 6) is 2.09. The molecular weight excluding hydrogens is 318 g/mol. The van der Waals surface area contributed by atoms with Crippen LogP contribution >= 0.6 is 0 Å². The molecule has 0 N–H and O–H groups in total. The van der Waals surface area contributed by atoms with Gasteiger partial charge in [-0.15, -0.1) is 0 Å². The Kier molecular flexibility index (Phi) is 3.74. The van der Waals surface area contributed by atoms with Gasteiger partial charge in [0.1, 0.15) is 11.6 Å². The van der Waals surface area contributed by atoms with Gasteiger partial charge in [-0.25, -0.2) is 9.97 Å². The molecule has 0 fully saturated rings. The first kappa shape index (κ1) is 15.6. The van der Waals surface area contributed by atoms with Gasteiger partial charge >= 0.3 is 0 Å². The van der Waals surface area contributed by atoms with E-state index in [1.165, 1.54) is 52.8 Å². The van der Waals surface area contributed by atoms with E-state index in [2.05, 4.69) is 36.1 Å². The van der Waals surface area contributed by atoms with Crippen LogP contribution in [0.25, 0.3) is 0 Å². The quantitative estimate of drug-likeness (QED) is 0.607. The Balaban J connectivity index is 1.79. The number of aromatic nitrogens is 2. The van der Waals surface area contributed by atoms with Crippen LogP contribution in [0.3, 0.4) is 0 Å². The van der Waals surface area contributed by atoms with E-state index in [0.717, 1.165) is 30.9 Å². The van der Waals surface area contributed by atoms with Gasteiger partial charge in [-0.05, 0) is 91.5 Å². The summed E-state index contributed by atoms with van der Waals surface area (Å²) in [6.07, 6.45) is 10.7. The molecule has 0 bridgehead atoms. The SMILES string of the molecule is Cc1ccc(N2c3ncccc3CCc3cccnc32)c2c1CCCC2. The van der Waals surface area contributed by atoms with Gasteiger partial charge in [0.05, 0.1) is 5.69 Å². The van der Waals surface area contributed by atoms with Gasteiger partial charge in [0.2, 0.25) is 0 Å². The molecule has 3 nitrogen and oxygen atoms in total. The van der Waals surface area contributed by atoms with E-state index >= 15 is 0 Å². The van der Waals surface area contributed by atoms with Crippen LogP contribution in [0.4, 0.5) is 17.3 Å². The number of aryl methyl sites for hydroxylation is 3. The van der Waals surface area contributed by atoms with Crippen molar-refractivity contribution in [3.63, 3.8) is 0 Å². The average Bonchev–Trinajstić information content (AvgIpc) is 2.86. The van der Waals surface area contributed by atoms with Crippen LogP contribution in [-0.2, 0) is 25.7 Å². The predicted octanol–water partition coefficient (Wildman–Crippen LogP) is 5.23. The molecule has 0 spiro atoms. The third-order valence-corrected chi connectivity index (χ3v) is 5.81. The Morgan fingerprint density at radius 2 is 1.35 bits per heavy atom. The fourth-order valence-electron chi connectivity index (χ4n) is 4.49. The van der Waals surface area contributed by atoms with E-state index in [1.807, 2.05) is 24.5 Å². The molecule has 0 saturated heterocycles. The molecule has 1 aliphatic carbocycles. The second-order valence-corrected chi connectivity index (χ2v) is 7.37. The van der Waals surface area contributed by atoms with Crippen molar-refractivity contribution in [2.24, 2.45) is 0 Å². The van der Waals surface area contributed by atoms with Gasteiger partial charge in [-0.3, -0.25) is 4.90 Å². The molecule has 2 aromatic heterocycles. The highest BCUT2D eigenvalue weighted by atomic mass is 15.2. The summed E-state index contributed by atoms with van der Waals surface area (Å²) in [4.78, 5) is 11.9. The summed E-state index contributed by atoms with van der Waals surface area (Å²) >= 11 is 0. The number of anilines is 3. The van der Waals surface area contributed by atoms with Gasteiger partial charge in [0, 0.05) is 12.4 Å². The molecule has 130 valence electrons. The van der Waals surface area contributed by atoms with Crippen LogP contribution in [0.1, 0.15) is 40.7 Å². The summed E-state index contributed by atoms with van der Waals surface area (Å²) < 4.78 is 0. The largest absolute Gasteiger partial charge is 0.278 e. The van der Waals surface area contributed by atoms with Crippen molar-refractivity contribution >= 4 is 17.3 Å². The third-order valence-electron chi connectivity index (χ3n) is 5.81. The van der Waals surface area contributed by atoms with Crippen LogP contribution < -0.4 is 4.90 Å². The normalized spacial score (nSPS) is 15.7. The summed E-state index contributed by atoms with van der Waals surface area (Å²) in [7, 11) is 0. The van der Waals surface area contributed by atoms with Gasteiger partial charge in [-0.2, -0.15) is 0 Å². The van der Waals surface area contributed by atoms with Crippen molar-refractivity contribution in [3.8, 4) is 0 Å². The van der Waals surface area contributed by atoms with E-state index in [1.54, 1.807) is 0 Å². The maximum atomic E-state index is 4.79. The third kappa shape index (κ3) is 2.42. The van der Waals surface area contributed by atoms with E-state index in [0.29, 0.717) is 0 Å². The van der Waals surface area contributed by atoms with Crippen molar-refractivity contribution in [1.82, 2.24) is 9.97 Å². The Bertz CT molecular complexity index is 929. The van der Waals surface area contributed by atoms with Crippen LogP contribution in [0, 0.1) is 6.92 Å².